The summed E-state index contributed by atoms with van der Waals surface area (Å²) < 4.78 is 11.4. The maximum absolute atomic E-state index is 6.11. The predicted molar refractivity (Wildman–Crippen MR) is 82.6 cm³/mol. The van der Waals surface area contributed by atoms with Crippen molar-refractivity contribution < 1.29 is 9.16 Å². The van der Waals surface area contributed by atoms with Gasteiger partial charge in [0.25, 0.3) is 0 Å². The van der Waals surface area contributed by atoms with Crippen LogP contribution in [0.2, 0.25) is 11.1 Å². The molecule has 0 fully saturated rings. The van der Waals surface area contributed by atoms with Crippen LogP contribution in [-0.2, 0) is 9.16 Å². The fourth-order valence-corrected chi connectivity index (χ4v) is 4.75. The van der Waals surface area contributed by atoms with Crippen LogP contribution in [0.3, 0.4) is 0 Å². The monoisotopic (exact) mass is 274 g/mol. The Labute approximate surface area is 116 Å². The lowest BCUT2D eigenvalue weighted by Gasteiger charge is -2.31. The molecule has 0 saturated heterocycles. The zero-order chi connectivity index (χ0) is 14.0. The summed E-state index contributed by atoms with van der Waals surface area (Å²) in [6, 6.07) is 1.28. The lowest BCUT2D eigenvalue weighted by Crippen LogP contribution is -2.33. The summed E-state index contributed by atoms with van der Waals surface area (Å²) >= 11 is 0. The molecule has 0 saturated carbocycles. The molecule has 0 N–H and O–H groups in total. The molecule has 0 aliphatic heterocycles. The maximum Gasteiger partial charge on any atom is 0.185 e. The Hall–Kier alpha value is 0.137. The van der Waals surface area contributed by atoms with E-state index in [1.165, 1.54) is 44.6 Å². The Balaban J connectivity index is 3.88. The Kier molecular flexibility index (Phi) is 10.1. The molecule has 2 atom stereocenters. The average molecular weight is 275 g/mol. The van der Waals surface area contributed by atoms with Crippen LogP contribution in [0.5, 0.6) is 0 Å². The minimum Gasteiger partial charge on any atom is -0.395 e. The number of rotatable bonds is 10. The molecule has 3 heteroatoms. The van der Waals surface area contributed by atoms with Crippen molar-refractivity contribution in [2.45, 2.75) is 90.5 Å². The summed E-state index contributed by atoms with van der Waals surface area (Å²) in [5, 5.41) is 0.330. The van der Waals surface area contributed by atoms with Crippen molar-refractivity contribution in [1.82, 2.24) is 0 Å². The van der Waals surface area contributed by atoms with Gasteiger partial charge >= 0.3 is 0 Å². The van der Waals surface area contributed by atoms with E-state index in [0.29, 0.717) is 5.04 Å². The zero-order valence-electron chi connectivity index (χ0n) is 13.4. The summed E-state index contributed by atoms with van der Waals surface area (Å²) in [7, 11) is 0.544. The Morgan fingerprint density at radius 2 is 1.56 bits per heavy atom. The van der Waals surface area contributed by atoms with Gasteiger partial charge in [0, 0.05) is 7.11 Å². The lowest BCUT2D eigenvalue weighted by molar-refractivity contribution is -0.0440. The smallest absolute Gasteiger partial charge is 0.185 e. The average Bonchev–Trinajstić information content (AvgIpc) is 2.30. The predicted octanol–water partition coefficient (Wildman–Crippen LogP) is 4.88. The molecular formula is C15H34O2Si. The number of hydrogen-bond acceptors (Lipinski definition) is 2. The number of hydrogen-bond donors (Lipinski definition) is 0. The second kappa shape index (κ2) is 9.99. The van der Waals surface area contributed by atoms with Crippen molar-refractivity contribution in [2.75, 3.05) is 7.11 Å². The highest BCUT2D eigenvalue weighted by Crippen LogP contribution is 2.32. The van der Waals surface area contributed by atoms with Gasteiger partial charge in [0.1, 0.15) is 6.29 Å². The molecule has 0 amide bonds. The summed E-state index contributed by atoms with van der Waals surface area (Å²) in [4.78, 5) is 0. The number of ether oxygens (including phenoxy) is 1. The topological polar surface area (TPSA) is 18.5 Å². The van der Waals surface area contributed by atoms with Crippen molar-refractivity contribution in [1.29, 1.82) is 0 Å². The third-order valence-corrected chi connectivity index (χ3v) is 7.05. The molecule has 0 heterocycles. The largest absolute Gasteiger partial charge is 0.395 e. The van der Waals surface area contributed by atoms with E-state index in [9.17, 15) is 0 Å². The van der Waals surface area contributed by atoms with E-state index < -0.39 is 9.04 Å². The highest BCUT2D eigenvalue weighted by molar-refractivity contribution is 6.55. The summed E-state index contributed by atoms with van der Waals surface area (Å²) in [6.45, 7) is 11.2. The third kappa shape index (κ3) is 9.12. The van der Waals surface area contributed by atoms with Crippen LogP contribution < -0.4 is 0 Å². The van der Waals surface area contributed by atoms with E-state index in [2.05, 4.69) is 27.7 Å². The van der Waals surface area contributed by atoms with Crippen LogP contribution >= 0.6 is 0 Å². The minimum absolute atomic E-state index is 0.0408. The highest BCUT2D eigenvalue weighted by Gasteiger charge is 2.28. The van der Waals surface area contributed by atoms with Gasteiger partial charge in [0.15, 0.2) is 9.04 Å². The number of methoxy groups -OCH3 is 1. The molecule has 2 nitrogen and oxygen atoms in total. The Bertz CT molecular complexity index is 189. The van der Waals surface area contributed by atoms with Gasteiger partial charge in [-0.05, 0) is 18.0 Å². The quantitative estimate of drug-likeness (QED) is 0.321. The van der Waals surface area contributed by atoms with Crippen molar-refractivity contribution in [3.8, 4) is 0 Å². The number of unbranched alkanes of at least 4 members (excludes halogenated alkanes) is 5. The first kappa shape index (κ1) is 18.1. The first-order chi connectivity index (χ1) is 8.41. The second-order valence-corrected chi connectivity index (χ2v) is 9.91. The standard InChI is InChI=1S/C15H34O2Si/c1-7-8-9-10-11-12-13-18(15(3,4)5)17-14(2)16-6/h14,18H,7-13H2,1-6H3. The van der Waals surface area contributed by atoms with E-state index in [-0.39, 0.29) is 6.29 Å². The third-order valence-electron chi connectivity index (χ3n) is 3.47. The first-order valence-corrected chi connectivity index (χ1v) is 9.46. The fourth-order valence-electron chi connectivity index (χ4n) is 2.10. The second-order valence-electron chi connectivity index (χ2n) is 6.35. The van der Waals surface area contributed by atoms with Crippen LogP contribution in [0.25, 0.3) is 0 Å². The minimum atomic E-state index is -1.18. The molecule has 18 heavy (non-hydrogen) atoms. The molecule has 0 aromatic rings. The van der Waals surface area contributed by atoms with Crippen LogP contribution in [-0.4, -0.2) is 22.4 Å². The van der Waals surface area contributed by atoms with Gasteiger partial charge in [0.2, 0.25) is 0 Å². The Morgan fingerprint density at radius 3 is 2.06 bits per heavy atom. The summed E-state index contributed by atoms with van der Waals surface area (Å²) in [6.07, 6.45) is 8.15. The van der Waals surface area contributed by atoms with Gasteiger partial charge in [-0.2, -0.15) is 0 Å². The molecule has 0 aromatic carbocycles. The maximum atomic E-state index is 6.11. The molecule has 0 aliphatic rings. The molecule has 0 spiro atoms. The summed E-state index contributed by atoms with van der Waals surface area (Å²) in [5.74, 6) is 0. The Morgan fingerprint density at radius 1 is 1.00 bits per heavy atom. The molecule has 0 rings (SSSR count). The van der Waals surface area contributed by atoms with Crippen molar-refractivity contribution in [3.05, 3.63) is 0 Å². The molecule has 0 aromatic heterocycles. The molecule has 0 aliphatic carbocycles. The molecule has 2 unspecified atom stereocenters. The molecule has 0 bridgehead atoms. The van der Waals surface area contributed by atoms with Gasteiger partial charge in [0.05, 0.1) is 0 Å². The van der Waals surface area contributed by atoms with E-state index >= 15 is 0 Å². The normalized spacial score (nSPS) is 15.7. The van der Waals surface area contributed by atoms with Crippen LogP contribution in [0.4, 0.5) is 0 Å². The van der Waals surface area contributed by atoms with Crippen LogP contribution in [0.1, 0.15) is 73.1 Å². The van der Waals surface area contributed by atoms with Crippen molar-refractivity contribution in [2.24, 2.45) is 0 Å². The van der Waals surface area contributed by atoms with Gasteiger partial charge in [-0.1, -0.05) is 66.2 Å². The zero-order valence-corrected chi connectivity index (χ0v) is 14.6. The van der Waals surface area contributed by atoms with Crippen molar-refractivity contribution >= 4 is 9.04 Å². The van der Waals surface area contributed by atoms with Gasteiger partial charge in [-0.3, -0.25) is 0 Å². The van der Waals surface area contributed by atoms with Crippen molar-refractivity contribution in [3.63, 3.8) is 0 Å². The molecular weight excluding hydrogens is 240 g/mol. The first-order valence-electron chi connectivity index (χ1n) is 7.60. The van der Waals surface area contributed by atoms with Crippen LogP contribution in [0.15, 0.2) is 0 Å². The SMILES string of the molecule is CCCCCCCC[SiH](OC(C)OC)C(C)(C)C. The summed E-state index contributed by atoms with van der Waals surface area (Å²) in [5.41, 5.74) is 0. The molecule has 110 valence electrons. The van der Waals surface area contributed by atoms with Gasteiger partial charge in [-0.15, -0.1) is 0 Å². The lowest BCUT2D eigenvalue weighted by atomic mass is 10.1. The highest BCUT2D eigenvalue weighted by atomic mass is 28.3. The van der Waals surface area contributed by atoms with Gasteiger partial charge < -0.3 is 9.16 Å². The van der Waals surface area contributed by atoms with E-state index in [4.69, 9.17) is 9.16 Å². The van der Waals surface area contributed by atoms with Crippen LogP contribution in [0, 0.1) is 0 Å². The van der Waals surface area contributed by atoms with E-state index in [0.717, 1.165) is 0 Å². The van der Waals surface area contributed by atoms with Gasteiger partial charge in [-0.25, -0.2) is 0 Å². The fraction of sp³-hybridized carbons (Fsp3) is 1.00. The van der Waals surface area contributed by atoms with E-state index in [1.807, 2.05) is 6.92 Å². The van der Waals surface area contributed by atoms with E-state index in [1.54, 1.807) is 7.11 Å². The molecule has 0 radical (unpaired) electrons.